The van der Waals surface area contributed by atoms with Crippen molar-refractivity contribution in [3.8, 4) is 0 Å². The highest BCUT2D eigenvalue weighted by atomic mass is 79.9. The fourth-order valence-electron chi connectivity index (χ4n) is 3.50. The van der Waals surface area contributed by atoms with E-state index in [1.54, 1.807) is 0 Å². The SMILES string of the molecule is BrC1CC2CCC(C1)N2C1CCOC1. The van der Waals surface area contributed by atoms with E-state index in [4.69, 9.17) is 4.74 Å². The number of fused-ring (bicyclic) bond motifs is 2. The van der Waals surface area contributed by atoms with Crippen molar-refractivity contribution < 1.29 is 4.74 Å². The zero-order valence-electron chi connectivity index (χ0n) is 8.49. The standard InChI is InChI=1S/C11H18BrNO/c12-8-5-9-1-2-10(6-8)13(9)11-3-4-14-7-11/h8-11H,1-7H2. The van der Waals surface area contributed by atoms with Crippen LogP contribution in [0.25, 0.3) is 0 Å². The van der Waals surface area contributed by atoms with Crippen molar-refractivity contribution in [3.05, 3.63) is 0 Å². The Balaban J connectivity index is 1.74. The molecule has 80 valence electrons. The minimum Gasteiger partial charge on any atom is -0.380 e. The lowest BCUT2D eigenvalue weighted by atomic mass is 10.00. The van der Waals surface area contributed by atoms with E-state index in [2.05, 4.69) is 20.8 Å². The molecule has 3 heteroatoms. The lowest BCUT2D eigenvalue weighted by Gasteiger charge is -2.40. The summed E-state index contributed by atoms with van der Waals surface area (Å²) in [5, 5.41) is 0. The number of alkyl halides is 1. The van der Waals surface area contributed by atoms with E-state index in [9.17, 15) is 0 Å². The molecule has 3 fully saturated rings. The fraction of sp³-hybridized carbons (Fsp3) is 1.00. The van der Waals surface area contributed by atoms with Gasteiger partial charge in [0.05, 0.1) is 6.61 Å². The van der Waals surface area contributed by atoms with E-state index in [1.165, 1.54) is 32.1 Å². The number of rotatable bonds is 1. The van der Waals surface area contributed by atoms with Crippen LogP contribution in [0, 0.1) is 0 Å². The Morgan fingerprint density at radius 3 is 2.29 bits per heavy atom. The Hall–Kier alpha value is 0.400. The van der Waals surface area contributed by atoms with Gasteiger partial charge in [0.2, 0.25) is 0 Å². The Labute approximate surface area is 94.1 Å². The van der Waals surface area contributed by atoms with Gasteiger partial charge < -0.3 is 4.74 Å². The van der Waals surface area contributed by atoms with Gasteiger partial charge in [0.15, 0.2) is 0 Å². The summed E-state index contributed by atoms with van der Waals surface area (Å²) in [6.45, 7) is 1.97. The third-order valence-corrected chi connectivity index (χ3v) is 4.81. The fourth-order valence-corrected chi connectivity index (χ4v) is 4.36. The van der Waals surface area contributed by atoms with Crippen molar-refractivity contribution in [2.75, 3.05) is 13.2 Å². The topological polar surface area (TPSA) is 12.5 Å². The first-order valence-corrected chi connectivity index (χ1v) is 6.75. The molecule has 0 aromatic heterocycles. The highest BCUT2D eigenvalue weighted by Gasteiger charge is 2.43. The Kier molecular flexibility index (Phi) is 2.58. The van der Waals surface area contributed by atoms with Crippen LogP contribution in [0.4, 0.5) is 0 Å². The molecule has 2 bridgehead atoms. The maximum atomic E-state index is 5.51. The van der Waals surface area contributed by atoms with Gasteiger partial charge in [-0.15, -0.1) is 0 Å². The van der Waals surface area contributed by atoms with E-state index in [0.717, 1.165) is 36.2 Å². The van der Waals surface area contributed by atoms with Crippen molar-refractivity contribution in [1.29, 1.82) is 0 Å². The second-order valence-corrected chi connectivity index (χ2v) is 6.21. The molecule has 0 saturated carbocycles. The first-order valence-electron chi connectivity index (χ1n) is 5.84. The highest BCUT2D eigenvalue weighted by molar-refractivity contribution is 9.09. The number of piperidine rings is 1. The molecule has 3 unspecified atom stereocenters. The van der Waals surface area contributed by atoms with Crippen molar-refractivity contribution in [2.24, 2.45) is 0 Å². The largest absolute Gasteiger partial charge is 0.380 e. The number of halogens is 1. The summed E-state index contributed by atoms with van der Waals surface area (Å²) in [5.74, 6) is 0. The lowest BCUT2D eigenvalue weighted by Crippen LogP contribution is -2.49. The van der Waals surface area contributed by atoms with Crippen molar-refractivity contribution in [1.82, 2.24) is 4.90 Å². The molecule has 3 aliphatic heterocycles. The third kappa shape index (κ3) is 1.54. The zero-order valence-corrected chi connectivity index (χ0v) is 10.1. The molecule has 0 aliphatic carbocycles. The average molecular weight is 260 g/mol. The maximum Gasteiger partial charge on any atom is 0.0622 e. The average Bonchev–Trinajstić information content (AvgIpc) is 2.72. The smallest absolute Gasteiger partial charge is 0.0622 e. The second-order valence-electron chi connectivity index (χ2n) is 4.92. The van der Waals surface area contributed by atoms with Crippen LogP contribution in [0.3, 0.4) is 0 Å². The monoisotopic (exact) mass is 259 g/mol. The number of hydrogen-bond acceptors (Lipinski definition) is 2. The third-order valence-electron chi connectivity index (χ3n) is 4.06. The van der Waals surface area contributed by atoms with Crippen molar-refractivity contribution in [2.45, 2.75) is 55.1 Å². The quantitative estimate of drug-likeness (QED) is 0.670. The normalized spacial score (nSPS) is 48.6. The summed E-state index contributed by atoms with van der Waals surface area (Å²) in [6.07, 6.45) is 6.81. The van der Waals surface area contributed by atoms with Crippen molar-refractivity contribution in [3.63, 3.8) is 0 Å². The molecule has 2 nitrogen and oxygen atoms in total. The molecule has 0 radical (unpaired) electrons. The first-order chi connectivity index (χ1) is 6.84. The first kappa shape index (κ1) is 9.61. The summed E-state index contributed by atoms with van der Waals surface area (Å²) in [4.78, 5) is 3.56. The summed E-state index contributed by atoms with van der Waals surface area (Å²) >= 11 is 3.79. The van der Waals surface area contributed by atoms with Crippen LogP contribution in [0.2, 0.25) is 0 Å². The molecule has 14 heavy (non-hydrogen) atoms. The summed E-state index contributed by atoms with van der Waals surface area (Å²) in [6, 6.07) is 2.45. The van der Waals surface area contributed by atoms with Gasteiger partial charge in [-0.1, -0.05) is 15.9 Å². The van der Waals surface area contributed by atoms with Gasteiger partial charge in [-0.2, -0.15) is 0 Å². The van der Waals surface area contributed by atoms with Crippen LogP contribution < -0.4 is 0 Å². The van der Waals surface area contributed by atoms with E-state index in [0.29, 0.717) is 0 Å². The molecule has 3 heterocycles. The highest BCUT2D eigenvalue weighted by Crippen LogP contribution is 2.40. The molecule has 0 spiro atoms. The lowest BCUT2D eigenvalue weighted by molar-refractivity contribution is 0.0770. The van der Waals surface area contributed by atoms with Crippen LogP contribution >= 0.6 is 15.9 Å². The Bertz CT molecular complexity index is 203. The molecular formula is C11H18BrNO. The minimum absolute atomic E-state index is 0.743. The number of ether oxygens (including phenoxy) is 1. The van der Waals surface area contributed by atoms with Crippen LogP contribution in [0.1, 0.15) is 32.1 Å². The second kappa shape index (κ2) is 3.76. The number of nitrogens with zero attached hydrogens (tertiary/aromatic N) is 1. The van der Waals surface area contributed by atoms with Gasteiger partial charge in [-0.25, -0.2) is 0 Å². The number of hydrogen-bond donors (Lipinski definition) is 0. The molecule has 3 aliphatic rings. The van der Waals surface area contributed by atoms with E-state index in [-0.39, 0.29) is 0 Å². The molecular weight excluding hydrogens is 242 g/mol. The minimum atomic E-state index is 0.743. The van der Waals surface area contributed by atoms with E-state index in [1.807, 2.05) is 0 Å². The van der Waals surface area contributed by atoms with Gasteiger partial charge in [0, 0.05) is 29.6 Å². The van der Waals surface area contributed by atoms with Crippen molar-refractivity contribution >= 4 is 15.9 Å². The zero-order chi connectivity index (χ0) is 9.54. The summed E-state index contributed by atoms with van der Waals surface area (Å²) in [7, 11) is 0. The Morgan fingerprint density at radius 2 is 1.71 bits per heavy atom. The van der Waals surface area contributed by atoms with Gasteiger partial charge in [0.25, 0.3) is 0 Å². The molecule has 3 atom stereocenters. The maximum absolute atomic E-state index is 5.51. The molecule has 0 N–H and O–H groups in total. The van der Waals surface area contributed by atoms with Crippen LogP contribution in [-0.4, -0.2) is 41.1 Å². The molecule has 0 aromatic rings. The van der Waals surface area contributed by atoms with Crippen LogP contribution in [0.15, 0.2) is 0 Å². The Morgan fingerprint density at radius 1 is 1.00 bits per heavy atom. The van der Waals surface area contributed by atoms with E-state index >= 15 is 0 Å². The molecule has 0 aromatic carbocycles. The summed E-state index contributed by atoms with van der Waals surface area (Å²) < 4.78 is 5.51. The molecule has 3 rings (SSSR count). The van der Waals surface area contributed by atoms with Gasteiger partial charge in [0.1, 0.15) is 0 Å². The van der Waals surface area contributed by atoms with Gasteiger partial charge in [-0.3, -0.25) is 4.90 Å². The summed E-state index contributed by atoms with van der Waals surface area (Å²) in [5.41, 5.74) is 0. The van der Waals surface area contributed by atoms with Gasteiger partial charge in [-0.05, 0) is 32.1 Å². The van der Waals surface area contributed by atoms with E-state index < -0.39 is 0 Å². The predicted molar refractivity (Wildman–Crippen MR) is 59.8 cm³/mol. The predicted octanol–water partition coefficient (Wildman–Crippen LogP) is 2.17. The van der Waals surface area contributed by atoms with Gasteiger partial charge >= 0.3 is 0 Å². The molecule has 3 saturated heterocycles. The van der Waals surface area contributed by atoms with Crippen LogP contribution in [-0.2, 0) is 4.74 Å². The van der Waals surface area contributed by atoms with Crippen LogP contribution in [0.5, 0.6) is 0 Å². The molecule has 0 amide bonds.